The Hall–Kier alpha value is -0.480. The standard InChI is InChI=1S/C11H17N3S/c12-10(11-6-13-15-14-11)5-9-4-7-1-2-8(9)3-7/h6-10H,1-5,12H2. The lowest BCUT2D eigenvalue weighted by Gasteiger charge is -2.23. The van der Waals surface area contributed by atoms with E-state index in [9.17, 15) is 0 Å². The summed E-state index contributed by atoms with van der Waals surface area (Å²) in [6.45, 7) is 0. The van der Waals surface area contributed by atoms with Crippen LogP contribution in [-0.2, 0) is 0 Å². The summed E-state index contributed by atoms with van der Waals surface area (Å²) in [6, 6.07) is 0.119. The number of hydrogen-bond acceptors (Lipinski definition) is 4. The Bertz CT molecular complexity index is 325. The van der Waals surface area contributed by atoms with Crippen LogP contribution in [0.5, 0.6) is 0 Å². The average Bonchev–Trinajstić information content (AvgIpc) is 2.95. The largest absolute Gasteiger partial charge is 0.323 e. The number of nitrogens with two attached hydrogens (primary N) is 1. The van der Waals surface area contributed by atoms with Crippen molar-refractivity contribution in [3.8, 4) is 0 Å². The molecule has 15 heavy (non-hydrogen) atoms. The Balaban J connectivity index is 1.62. The second-order valence-corrected chi connectivity index (χ2v) is 5.67. The quantitative estimate of drug-likeness (QED) is 0.856. The number of fused-ring (bicyclic) bond motifs is 2. The fourth-order valence-electron chi connectivity index (χ4n) is 3.45. The van der Waals surface area contributed by atoms with Gasteiger partial charge in [-0.1, -0.05) is 6.42 Å². The summed E-state index contributed by atoms with van der Waals surface area (Å²) in [6.07, 6.45) is 8.73. The molecule has 4 heteroatoms. The Morgan fingerprint density at radius 2 is 2.40 bits per heavy atom. The van der Waals surface area contributed by atoms with Crippen molar-refractivity contribution in [3.63, 3.8) is 0 Å². The van der Waals surface area contributed by atoms with Crippen molar-refractivity contribution in [1.82, 2.24) is 8.75 Å². The fraction of sp³-hybridized carbons (Fsp3) is 0.818. The molecule has 0 spiro atoms. The van der Waals surface area contributed by atoms with Gasteiger partial charge in [0.25, 0.3) is 0 Å². The third-order valence-electron chi connectivity index (χ3n) is 4.20. The molecule has 2 aliphatic carbocycles. The average molecular weight is 223 g/mol. The van der Waals surface area contributed by atoms with Crippen LogP contribution in [0.15, 0.2) is 6.20 Å². The first-order valence-electron chi connectivity index (χ1n) is 5.86. The van der Waals surface area contributed by atoms with Crippen molar-refractivity contribution >= 4 is 11.7 Å². The molecule has 2 fully saturated rings. The van der Waals surface area contributed by atoms with Gasteiger partial charge in [0, 0.05) is 6.04 Å². The molecule has 0 aromatic carbocycles. The van der Waals surface area contributed by atoms with Crippen LogP contribution in [0.25, 0.3) is 0 Å². The summed E-state index contributed by atoms with van der Waals surface area (Å²) in [7, 11) is 0. The van der Waals surface area contributed by atoms with E-state index in [1.807, 2.05) is 6.20 Å². The van der Waals surface area contributed by atoms with Gasteiger partial charge in [-0.05, 0) is 43.4 Å². The van der Waals surface area contributed by atoms with E-state index in [0.29, 0.717) is 0 Å². The van der Waals surface area contributed by atoms with Crippen molar-refractivity contribution in [2.45, 2.75) is 38.1 Å². The van der Waals surface area contributed by atoms with Crippen molar-refractivity contribution in [2.75, 3.05) is 0 Å². The SMILES string of the molecule is NC(CC1CC2CCC1C2)c1cnsn1. The molecule has 0 saturated heterocycles. The Morgan fingerprint density at radius 3 is 3.00 bits per heavy atom. The van der Waals surface area contributed by atoms with Crippen LogP contribution in [-0.4, -0.2) is 8.75 Å². The minimum Gasteiger partial charge on any atom is -0.323 e. The molecule has 2 aliphatic rings. The Kier molecular flexibility index (Phi) is 2.48. The summed E-state index contributed by atoms with van der Waals surface area (Å²) in [5.41, 5.74) is 7.14. The normalized spacial score (nSPS) is 35.9. The number of nitrogens with zero attached hydrogens (tertiary/aromatic N) is 2. The van der Waals surface area contributed by atoms with Gasteiger partial charge in [0.1, 0.15) is 0 Å². The van der Waals surface area contributed by atoms with Crippen LogP contribution in [0.1, 0.15) is 43.8 Å². The van der Waals surface area contributed by atoms with E-state index in [4.69, 9.17) is 5.73 Å². The Labute approximate surface area is 94.4 Å². The van der Waals surface area contributed by atoms with E-state index >= 15 is 0 Å². The molecule has 1 aromatic heterocycles. The molecular weight excluding hydrogens is 206 g/mol. The van der Waals surface area contributed by atoms with Gasteiger partial charge in [0.2, 0.25) is 0 Å². The van der Waals surface area contributed by atoms with E-state index in [1.165, 1.54) is 37.4 Å². The number of rotatable bonds is 3. The first kappa shape index (κ1) is 9.73. The molecule has 2 bridgehead atoms. The molecule has 3 nitrogen and oxygen atoms in total. The van der Waals surface area contributed by atoms with Crippen molar-refractivity contribution in [3.05, 3.63) is 11.9 Å². The first-order chi connectivity index (χ1) is 7.33. The zero-order valence-corrected chi connectivity index (χ0v) is 9.62. The van der Waals surface area contributed by atoms with Crippen LogP contribution in [0, 0.1) is 17.8 Å². The van der Waals surface area contributed by atoms with Crippen molar-refractivity contribution < 1.29 is 0 Å². The third-order valence-corrected chi connectivity index (χ3v) is 4.69. The molecule has 0 radical (unpaired) electrons. The van der Waals surface area contributed by atoms with Gasteiger partial charge >= 0.3 is 0 Å². The van der Waals surface area contributed by atoms with Crippen LogP contribution in [0.4, 0.5) is 0 Å². The highest BCUT2D eigenvalue weighted by atomic mass is 32.1. The minimum absolute atomic E-state index is 0.119. The van der Waals surface area contributed by atoms with Gasteiger partial charge in [0.15, 0.2) is 0 Å². The summed E-state index contributed by atoms with van der Waals surface area (Å²) in [5.74, 6) is 2.84. The number of aromatic nitrogens is 2. The van der Waals surface area contributed by atoms with E-state index in [0.717, 1.165) is 29.9 Å². The molecular formula is C11H17N3S. The minimum atomic E-state index is 0.119. The van der Waals surface area contributed by atoms with Crippen molar-refractivity contribution in [1.29, 1.82) is 0 Å². The topological polar surface area (TPSA) is 51.8 Å². The molecule has 2 N–H and O–H groups in total. The molecule has 0 amide bonds. The first-order valence-corrected chi connectivity index (χ1v) is 6.59. The molecule has 4 unspecified atom stereocenters. The predicted molar refractivity (Wildman–Crippen MR) is 60.4 cm³/mol. The third kappa shape index (κ3) is 1.81. The molecule has 2 saturated carbocycles. The van der Waals surface area contributed by atoms with Gasteiger partial charge in [-0.3, -0.25) is 0 Å². The maximum atomic E-state index is 6.16. The second-order valence-electron chi connectivity index (χ2n) is 5.11. The van der Waals surface area contributed by atoms with E-state index in [1.54, 1.807) is 0 Å². The van der Waals surface area contributed by atoms with E-state index < -0.39 is 0 Å². The number of hydrogen-bond donors (Lipinski definition) is 1. The lowest BCUT2D eigenvalue weighted by molar-refractivity contribution is 0.295. The van der Waals surface area contributed by atoms with Gasteiger partial charge in [0.05, 0.1) is 23.6 Å². The summed E-state index contributed by atoms with van der Waals surface area (Å²) in [4.78, 5) is 0. The maximum Gasteiger partial charge on any atom is 0.0910 e. The highest BCUT2D eigenvalue weighted by Gasteiger charge is 2.39. The van der Waals surface area contributed by atoms with Crippen LogP contribution in [0.2, 0.25) is 0 Å². The summed E-state index contributed by atoms with van der Waals surface area (Å²) < 4.78 is 8.24. The maximum absolute atomic E-state index is 6.16. The smallest absolute Gasteiger partial charge is 0.0910 e. The Morgan fingerprint density at radius 1 is 1.47 bits per heavy atom. The highest BCUT2D eigenvalue weighted by Crippen LogP contribution is 2.50. The van der Waals surface area contributed by atoms with E-state index in [2.05, 4.69) is 8.75 Å². The van der Waals surface area contributed by atoms with E-state index in [-0.39, 0.29) is 6.04 Å². The molecule has 0 aliphatic heterocycles. The molecule has 4 atom stereocenters. The van der Waals surface area contributed by atoms with Crippen molar-refractivity contribution in [2.24, 2.45) is 23.5 Å². The monoisotopic (exact) mass is 223 g/mol. The molecule has 1 heterocycles. The second kappa shape index (κ2) is 3.83. The van der Waals surface area contributed by atoms with Gasteiger partial charge < -0.3 is 5.73 Å². The fourth-order valence-corrected chi connectivity index (χ4v) is 3.93. The molecule has 3 rings (SSSR count). The van der Waals surface area contributed by atoms with Gasteiger partial charge in [-0.25, -0.2) is 0 Å². The molecule has 1 aromatic rings. The van der Waals surface area contributed by atoms with Crippen LogP contribution in [0.3, 0.4) is 0 Å². The predicted octanol–water partition coefficient (Wildman–Crippen LogP) is 2.36. The summed E-state index contributed by atoms with van der Waals surface area (Å²) >= 11 is 1.26. The van der Waals surface area contributed by atoms with Crippen LogP contribution >= 0.6 is 11.7 Å². The van der Waals surface area contributed by atoms with Gasteiger partial charge in [-0.2, -0.15) is 8.75 Å². The zero-order valence-electron chi connectivity index (χ0n) is 8.80. The lowest BCUT2D eigenvalue weighted by atomic mass is 9.84. The van der Waals surface area contributed by atoms with Crippen LogP contribution < -0.4 is 5.73 Å². The van der Waals surface area contributed by atoms with Gasteiger partial charge in [-0.15, -0.1) is 0 Å². The lowest BCUT2D eigenvalue weighted by Crippen LogP contribution is -2.19. The molecule has 82 valence electrons. The highest BCUT2D eigenvalue weighted by molar-refractivity contribution is 6.99. The summed E-state index contributed by atoms with van der Waals surface area (Å²) in [5, 5.41) is 0. The zero-order chi connectivity index (χ0) is 10.3.